The number of rotatable bonds is 3. The van der Waals surface area contributed by atoms with Crippen molar-refractivity contribution in [2.75, 3.05) is 19.8 Å². The molecule has 4 rings (SSSR count). The molecule has 0 saturated heterocycles. The molecule has 0 spiro atoms. The monoisotopic (exact) mass is 315 g/mol. The van der Waals surface area contributed by atoms with E-state index in [4.69, 9.17) is 9.47 Å². The summed E-state index contributed by atoms with van der Waals surface area (Å²) in [6.07, 6.45) is 2.33. The van der Waals surface area contributed by atoms with Crippen molar-refractivity contribution < 1.29 is 19.4 Å². The average Bonchev–Trinajstić information content (AvgIpc) is 3.02. The van der Waals surface area contributed by atoms with Crippen LogP contribution in [-0.4, -0.2) is 45.7 Å². The minimum absolute atomic E-state index is 0.528. The smallest absolute Gasteiger partial charge is 0.327 e. The summed E-state index contributed by atoms with van der Waals surface area (Å²) in [5.74, 6) is 0.580. The van der Waals surface area contributed by atoms with Gasteiger partial charge in [-0.2, -0.15) is 0 Å². The molecule has 1 aromatic heterocycles. The van der Waals surface area contributed by atoms with E-state index < -0.39 is 12.0 Å². The lowest BCUT2D eigenvalue weighted by atomic mass is 10.0. The van der Waals surface area contributed by atoms with E-state index in [1.54, 1.807) is 6.33 Å². The van der Waals surface area contributed by atoms with E-state index in [9.17, 15) is 9.90 Å². The van der Waals surface area contributed by atoms with Crippen molar-refractivity contribution in [1.82, 2.24) is 14.9 Å². The van der Waals surface area contributed by atoms with Crippen LogP contribution in [0, 0.1) is 0 Å². The van der Waals surface area contributed by atoms with Gasteiger partial charge in [-0.15, -0.1) is 0 Å². The van der Waals surface area contributed by atoms with Crippen molar-refractivity contribution in [3.8, 4) is 11.5 Å². The molecule has 7 nitrogen and oxygen atoms in total. The number of carboxylic acid groups (broad SMARTS) is 1. The zero-order valence-electron chi connectivity index (χ0n) is 12.5. The number of H-pyrrole nitrogens is 1. The standard InChI is InChI=1S/C16H17N3O4/c20-16(21)15-14-11(17-9-18-14)3-4-19(15)8-10-1-2-12-13(7-10)23-6-5-22-12/h1-2,7,9,15H,3-6,8H2,(H,17,18)(H,20,21). The van der Waals surface area contributed by atoms with Gasteiger partial charge < -0.3 is 19.6 Å². The maximum Gasteiger partial charge on any atom is 0.327 e. The second-order valence-electron chi connectivity index (χ2n) is 5.71. The number of nitrogens with zero attached hydrogens (tertiary/aromatic N) is 2. The lowest BCUT2D eigenvalue weighted by molar-refractivity contribution is -0.144. The highest BCUT2D eigenvalue weighted by molar-refractivity contribution is 5.75. The number of ether oxygens (including phenoxy) is 2. The number of fused-ring (bicyclic) bond motifs is 2. The average molecular weight is 315 g/mol. The molecular formula is C16H17N3O4. The van der Waals surface area contributed by atoms with Gasteiger partial charge in [0.1, 0.15) is 13.2 Å². The SMILES string of the molecule is O=C(O)C1c2nc[nH]c2CCN1Cc1ccc2c(c1)OCCO2. The van der Waals surface area contributed by atoms with E-state index >= 15 is 0 Å². The molecule has 3 heterocycles. The number of hydrogen-bond donors (Lipinski definition) is 2. The Morgan fingerprint density at radius 3 is 3.00 bits per heavy atom. The fourth-order valence-electron chi connectivity index (χ4n) is 3.19. The van der Waals surface area contributed by atoms with Crippen molar-refractivity contribution >= 4 is 5.97 Å². The summed E-state index contributed by atoms with van der Waals surface area (Å²) in [4.78, 5) is 20.9. The number of benzene rings is 1. The maximum absolute atomic E-state index is 11.7. The number of carboxylic acids is 1. The third-order valence-corrected chi connectivity index (χ3v) is 4.25. The molecule has 0 saturated carbocycles. The van der Waals surface area contributed by atoms with Crippen LogP contribution in [0.1, 0.15) is 23.0 Å². The van der Waals surface area contributed by atoms with Crippen LogP contribution in [0.15, 0.2) is 24.5 Å². The third kappa shape index (κ3) is 2.53. The van der Waals surface area contributed by atoms with Gasteiger partial charge in [-0.3, -0.25) is 9.69 Å². The maximum atomic E-state index is 11.7. The summed E-state index contributed by atoms with van der Waals surface area (Å²) in [5.41, 5.74) is 2.52. The Balaban J connectivity index is 1.59. The summed E-state index contributed by atoms with van der Waals surface area (Å²) in [6, 6.07) is 5.03. The van der Waals surface area contributed by atoms with E-state index in [1.165, 1.54) is 0 Å². The Hall–Kier alpha value is -2.54. The van der Waals surface area contributed by atoms with Gasteiger partial charge in [0.25, 0.3) is 0 Å². The fraction of sp³-hybridized carbons (Fsp3) is 0.375. The van der Waals surface area contributed by atoms with Crippen molar-refractivity contribution in [2.45, 2.75) is 19.0 Å². The van der Waals surface area contributed by atoms with Gasteiger partial charge in [-0.25, -0.2) is 4.98 Å². The van der Waals surface area contributed by atoms with Gasteiger partial charge in [-0.05, 0) is 17.7 Å². The number of hydrogen-bond acceptors (Lipinski definition) is 5. The molecule has 1 unspecified atom stereocenters. The predicted octanol–water partition coefficient (Wildman–Crippen LogP) is 1.36. The molecule has 2 N–H and O–H groups in total. The number of nitrogens with one attached hydrogen (secondary N) is 1. The number of imidazole rings is 1. The first-order valence-electron chi connectivity index (χ1n) is 7.60. The molecule has 2 aliphatic rings. The van der Waals surface area contributed by atoms with Crippen molar-refractivity contribution in [1.29, 1.82) is 0 Å². The molecule has 1 aromatic carbocycles. The first-order chi connectivity index (χ1) is 11.2. The second-order valence-corrected chi connectivity index (χ2v) is 5.71. The van der Waals surface area contributed by atoms with E-state index in [-0.39, 0.29) is 0 Å². The van der Waals surface area contributed by atoms with E-state index in [0.29, 0.717) is 32.0 Å². The molecule has 120 valence electrons. The van der Waals surface area contributed by atoms with Crippen LogP contribution in [0.5, 0.6) is 11.5 Å². The zero-order chi connectivity index (χ0) is 15.8. The summed E-state index contributed by atoms with van der Waals surface area (Å²) in [6.45, 7) is 2.29. The van der Waals surface area contributed by atoms with Crippen LogP contribution >= 0.6 is 0 Å². The van der Waals surface area contributed by atoms with Crippen molar-refractivity contribution in [3.05, 3.63) is 41.5 Å². The summed E-state index contributed by atoms with van der Waals surface area (Å²) in [7, 11) is 0. The Morgan fingerprint density at radius 1 is 1.35 bits per heavy atom. The number of aromatic nitrogens is 2. The van der Waals surface area contributed by atoms with Crippen molar-refractivity contribution in [3.63, 3.8) is 0 Å². The lowest BCUT2D eigenvalue weighted by Gasteiger charge is -2.32. The normalized spacial score (nSPS) is 20.1. The minimum atomic E-state index is -0.879. The Kier molecular flexibility index (Phi) is 3.42. The molecule has 0 bridgehead atoms. The predicted molar refractivity (Wildman–Crippen MR) is 80.5 cm³/mol. The van der Waals surface area contributed by atoms with Gasteiger partial charge >= 0.3 is 5.97 Å². The Labute approximate surface area is 132 Å². The largest absolute Gasteiger partial charge is 0.486 e. The molecule has 1 atom stereocenters. The molecule has 0 aliphatic carbocycles. The minimum Gasteiger partial charge on any atom is -0.486 e. The van der Waals surface area contributed by atoms with Crippen LogP contribution < -0.4 is 9.47 Å². The van der Waals surface area contributed by atoms with Crippen LogP contribution in [0.4, 0.5) is 0 Å². The number of aromatic amines is 1. The summed E-state index contributed by atoms with van der Waals surface area (Å²) in [5, 5.41) is 9.60. The zero-order valence-corrected chi connectivity index (χ0v) is 12.5. The molecule has 2 aromatic rings. The summed E-state index contributed by atoms with van der Waals surface area (Å²) < 4.78 is 11.1. The van der Waals surface area contributed by atoms with Gasteiger partial charge in [0.05, 0.1) is 12.0 Å². The van der Waals surface area contributed by atoms with Gasteiger partial charge in [0.15, 0.2) is 17.5 Å². The Bertz CT molecular complexity index is 743. The molecule has 0 fully saturated rings. The van der Waals surface area contributed by atoms with Crippen LogP contribution in [-0.2, 0) is 17.8 Å². The first-order valence-corrected chi connectivity index (χ1v) is 7.60. The molecule has 0 radical (unpaired) electrons. The van der Waals surface area contributed by atoms with Crippen LogP contribution in [0.2, 0.25) is 0 Å². The van der Waals surface area contributed by atoms with Crippen molar-refractivity contribution in [2.24, 2.45) is 0 Å². The van der Waals surface area contributed by atoms with E-state index in [2.05, 4.69) is 9.97 Å². The first kappa shape index (κ1) is 14.1. The molecule has 0 amide bonds. The van der Waals surface area contributed by atoms with Gasteiger partial charge in [0.2, 0.25) is 0 Å². The fourth-order valence-corrected chi connectivity index (χ4v) is 3.19. The highest BCUT2D eigenvalue weighted by Gasteiger charge is 2.35. The van der Waals surface area contributed by atoms with E-state index in [0.717, 1.165) is 29.2 Å². The Morgan fingerprint density at radius 2 is 2.17 bits per heavy atom. The number of aliphatic carboxylic acids is 1. The van der Waals surface area contributed by atoms with Gasteiger partial charge in [-0.1, -0.05) is 6.07 Å². The molecule has 2 aliphatic heterocycles. The lowest BCUT2D eigenvalue weighted by Crippen LogP contribution is -2.39. The summed E-state index contributed by atoms with van der Waals surface area (Å²) >= 11 is 0. The molecule has 23 heavy (non-hydrogen) atoms. The topological polar surface area (TPSA) is 87.7 Å². The van der Waals surface area contributed by atoms with Gasteiger partial charge in [0, 0.05) is 25.2 Å². The number of carbonyl (C=O) groups is 1. The molecule has 7 heteroatoms. The highest BCUT2D eigenvalue weighted by Crippen LogP contribution is 2.33. The highest BCUT2D eigenvalue weighted by atomic mass is 16.6. The van der Waals surface area contributed by atoms with E-state index in [1.807, 2.05) is 23.1 Å². The quantitative estimate of drug-likeness (QED) is 0.889. The van der Waals surface area contributed by atoms with Crippen LogP contribution in [0.3, 0.4) is 0 Å². The van der Waals surface area contributed by atoms with Crippen LogP contribution in [0.25, 0.3) is 0 Å². The third-order valence-electron chi connectivity index (χ3n) is 4.25. The second kappa shape index (κ2) is 5.58. The molecular weight excluding hydrogens is 298 g/mol.